The van der Waals surface area contributed by atoms with Crippen LogP contribution in [0.15, 0.2) is 6.07 Å². The van der Waals surface area contributed by atoms with E-state index in [2.05, 4.69) is 27.1 Å². The van der Waals surface area contributed by atoms with Crippen molar-refractivity contribution in [3.8, 4) is 5.88 Å². The molecule has 1 unspecified atom stereocenters. The van der Waals surface area contributed by atoms with Gasteiger partial charge in [0, 0.05) is 30.9 Å². The second kappa shape index (κ2) is 6.00. The molecule has 0 bridgehead atoms. The van der Waals surface area contributed by atoms with Crippen molar-refractivity contribution in [3.63, 3.8) is 0 Å². The van der Waals surface area contributed by atoms with E-state index in [1.807, 2.05) is 13.0 Å². The number of hydrogen-bond donors (Lipinski definition) is 1. The van der Waals surface area contributed by atoms with Gasteiger partial charge in [-0.3, -0.25) is 0 Å². The van der Waals surface area contributed by atoms with Gasteiger partial charge in [-0.05, 0) is 33.2 Å². The maximum atomic E-state index is 5.21. The summed E-state index contributed by atoms with van der Waals surface area (Å²) in [5, 5.41) is 3.51. The summed E-state index contributed by atoms with van der Waals surface area (Å²) in [5.74, 6) is 1.40. The molecule has 1 aromatic rings. The van der Waals surface area contributed by atoms with E-state index in [0.29, 0.717) is 11.9 Å². The van der Waals surface area contributed by atoms with Crippen LogP contribution in [0.5, 0.6) is 5.88 Å². The summed E-state index contributed by atoms with van der Waals surface area (Å²) in [7, 11) is 1.64. The van der Waals surface area contributed by atoms with E-state index < -0.39 is 0 Å². The van der Waals surface area contributed by atoms with Crippen LogP contribution in [-0.2, 0) is 0 Å². The number of ether oxygens (including phenoxy) is 1. The summed E-state index contributed by atoms with van der Waals surface area (Å²) < 4.78 is 5.21. The Morgan fingerprint density at radius 2 is 2.33 bits per heavy atom. The lowest BCUT2D eigenvalue weighted by molar-refractivity contribution is 0.396. The Balaban J connectivity index is 2.12. The van der Waals surface area contributed by atoms with Crippen molar-refractivity contribution in [2.45, 2.75) is 32.7 Å². The molecule has 1 N–H and O–H groups in total. The fourth-order valence-corrected chi connectivity index (χ4v) is 2.30. The van der Waals surface area contributed by atoms with E-state index in [0.717, 1.165) is 31.3 Å². The molecule has 0 radical (unpaired) electrons. The van der Waals surface area contributed by atoms with Crippen molar-refractivity contribution in [1.82, 2.24) is 15.3 Å². The highest BCUT2D eigenvalue weighted by atomic mass is 16.5. The monoisotopic (exact) mass is 250 g/mol. The van der Waals surface area contributed by atoms with Crippen LogP contribution < -0.4 is 15.0 Å². The molecule has 2 heterocycles. The van der Waals surface area contributed by atoms with Gasteiger partial charge in [-0.2, -0.15) is 4.98 Å². The van der Waals surface area contributed by atoms with E-state index in [-0.39, 0.29) is 0 Å². The molecular weight excluding hydrogens is 228 g/mol. The van der Waals surface area contributed by atoms with Crippen LogP contribution in [0.1, 0.15) is 25.5 Å². The molecule has 0 aliphatic carbocycles. The van der Waals surface area contributed by atoms with E-state index in [4.69, 9.17) is 4.74 Å². The molecule has 2 rings (SSSR count). The third-order valence-electron chi connectivity index (χ3n) is 3.30. The Hall–Kier alpha value is -1.36. The zero-order chi connectivity index (χ0) is 13.0. The summed E-state index contributed by atoms with van der Waals surface area (Å²) in [5.41, 5.74) is 0.940. The van der Waals surface area contributed by atoms with Gasteiger partial charge in [0.15, 0.2) is 0 Å². The molecule has 1 atom stereocenters. The van der Waals surface area contributed by atoms with Gasteiger partial charge in [0.05, 0.1) is 7.11 Å². The second-order valence-electron chi connectivity index (χ2n) is 4.68. The predicted octanol–water partition coefficient (Wildman–Crippen LogP) is 1.37. The van der Waals surface area contributed by atoms with E-state index >= 15 is 0 Å². The number of nitrogens with zero attached hydrogens (tertiary/aromatic N) is 3. The molecule has 0 saturated carbocycles. The Morgan fingerprint density at radius 3 is 2.94 bits per heavy atom. The molecule has 0 aromatic carbocycles. The Labute approximate surface area is 109 Å². The molecule has 1 aliphatic rings. The summed E-state index contributed by atoms with van der Waals surface area (Å²) in [4.78, 5) is 11.1. The zero-order valence-electron chi connectivity index (χ0n) is 11.4. The molecule has 0 spiro atoms. The van der Waals surface area contributed by atoms with Gasteiger partial charge in [0.25, 0.3) is 0 Å². The van der Waals surface area contributed by atoms with Gasteiger partial charge in [-0.1, -0.05) is 0 Å². The lowest BCUT2D eigenvalue weighted by atomic mass is 10.2. The van der Waals surface area contributed by atoms with Crippen LogP contribution in [0.3, 0.4) is 0 Å². The van der Waals surface area contributed by atoms with Gasteiger partial charge in [0.1, 0.15) is 0 Å². The molecule has 1 aromatic heterocycles. The molecule has 18 heavy (non-hydrogen) atoms. The normalized spacial score (nSPS) is 18.9. The summed E-state index contributed by atoms with van der Waals surface area (Å²) in [6.07, 6.45) is 2.50. The highest BCUT2D eigenvalue weighted by Gasteiger charge is 2.19. The number of anilines is 1. The topological polar surface area (TPSA) is 50.3 Å². The number of nitrogens with one attached hydrogen (secondary N) is 1. The van der Waals surface area contributed by atoms with Crippen molar-refractivity contribution in [3.05, 3.63) is 11.8 Å². The van der Waals surface area contributed by atoms with Crippen LogP contribution in [0.2, 0.25) is 0 Å². The average molecular weight is 250 g/mol. The van der Waals surface area contributed by atoms with Gasteiger partial charge < -0.3 is 15.0 Å². The zero-order valence-corrected chi connectivity index (χ0v) is 11.4. The van der Waals surface area contributed by atoms with Crippen molar-refractivity contribution < 1.29 is 4.74 Å². The molecule has 100 valence electrons. The molecule has 1 saturated heterocycles. The minimum Gasteiger partial charge on any atom is -0.481 e. The molecule has 0 amide bonds. The fraction of sp³-hybridized carbons (Fsp3) is 0.692. The second-order valence-corrected chi connectivity index (χ2v) is 4.68. The maximum absolute atomic E-state index is 5.21. The van der Waals surface area contributed by atoms with Crippen molar-refractivity contribution in [1.29, 1.82) is 0 Å². The number of rotatable bonds is 5. The summed E-state index contributed by atoms with van der Waals surface area (Å²) in [6.45, 7) is 7.09. The number of methoxy groups -OCH3 is 1. The lowest BCUT2D eigenvalue weighted by Crippen LogP contribution is -2.38. The van der Waals surface area contributed by atoms with Crippen molar-refractivity contribution in [2.24, 2.45) is 0 Å². The first-order valence-corrected chi connectivity index (χ1v) is 6.61. The Morgan fingerprint density at radius 1 is 1.50 bits per heavy atom. The quantitative estimate of drug-likeness (QED) is 0.855. The molecule has 5 nitrogen and oxygen atoms in total. The van der Waals surface area contributed by atoms with Gasteiger partial charge in [-0.15, -0.1) is 0 Å². The molecule has 5 heteroatoms. The Kier molecular flexibility index (Phi) is 4.36. The van der Waals surface area contributed by atoms with Gasteiger partial charge in [-0.25, -0.2) is 4.98 Å². The van der Waals surface area contributed by atoms with Crippen LogP contribution in [-0.4, -0.2) is 42.8 Å². The van der Waals surface area contributed by atoms with E-state index in [1.54, 1.807) is 7.11 Å². The van der Waals surface area contributed by atoms with Crippen LogP contribution in [0, 0.1) is 6.92 Å². The third-order valence-corrected chi connectivity index (χ3v) is 3.30. The SMILES string of the molecule is CCN(CC1CCCN1)c1nc(C)cc(OC)n1. The maximum Gasteiger partial charge on any atom is 0.228 e. The molecule has 1 aliphatic heterocycles. The number of aryl methyl sites for hydroxylation is 1. The van der Waals surface area contributed by atoms with E-state index in [1.165, 1.54) is 12.8 Å². The van der Waals surface area contributed by atoms with Crippen LogP contribution in [0.4, 0.5) is 5.95 Å². The number of aromatic nitrogens is 2. The highest BCUT2D eigenvalue weighted by molar-refractivity contribution is 5.34. The summed E-state index contributed by atoms with van der Waals surface area (Å²) >= 11 is 0. The minimum atomic E-state index is 0.556. The van der Waals surface area contributed by atoms with Crippen molar-refractivity contribution >= 4 is 5.95 Å². The minimum absolute atomic E-state index is 0.556. The van der Waals surface area contributed by atoms with Crippen LogP contribution in [0.25, 0.3) is 0 Å². The average Bonchev–Trinajstić information content (AvgIpc) is 2.88. The predicted molar refractivity (Wildman–Crippen MR) is 72.2 cm³/mol. The molecule has 1 fully saturated rings. The highest BCUT2D eigenvalue weighted by Crippen LogP contribution is 2.16. The number of hydrogen-bond acceptors (Lipinski definition) is 5. The first kappa shape index (κ1) is 13.1. The Bertz CT molecular complexity index is 391. The standard InChI is InChI=1S/C13H22N4O/c1-4-17(9-11-6-5-7-14-11)13-15-10(2)8-12(16-13)18-3/h8,11,14H,4-7,9H2,1-3H3. The van der Waals surface area contributed by atoms with Crippen LogP contribution >= 0.6 is 0 Å². The van der Waals surface area contributed by atoms with Crippen molar-refractivity contribution in [2.75, 3.05) is 31.6 Å². The lowest BCUT2D eigenvalue weighted by Gasteiger charge is -2.24. The first-order chi connectivity index (χ1) is 8.72. The van der Waals surface area contributed by atoms with Gasteiger partial charge >= 0.3 is 0 Å². The third kappa shape index (κ3) is 3.10. The molecular formula is C13H22N4O. The van der Waals surface area contributed by atoms with Gasteiger partial charge in [0.2, 0.25) is 11.8 Å². The number of likely N-dealkylation sites (N-methyl/N-ethyl adjacent to an activating group) is 1. The fourth-order valence-electron chi connectivity index (χ4n) is 2.30. The largest absolute Gasteiger partial charge is 0.481 e. The first-order valence-electron chi connectivity index (χ1n) is 6.61. The summed E-state index contributed by atoms with van der Waals surface area (Å²) in [6, 6.07) is 2.41. The van der Waals surface area contributed by atoms with E-state index in [9.17, 15) is 0 Å². The smallest absolute Gasteiger partial charge is 0.228 e.